The van der Waals surface area contributed by atoms with Gasteiger partial charge in [-0.25, -0.2) is 13.8 Å². The summed E-state index contributed by atoms with van der Waals surface area (Å²) in [5.41, 5.74) is 4.45. The van der Waals surface area contributed by atoms with E-state index < -0.39 is 36.6 Å². The molecule has 44 heavy (non-hydrogen) atoms. The molecule has 4 N–H and O–H groups in total. The summed E-state index contributed by atoms with van der Waals surface area (Å²) in [7, 11) is 1.68. The van der Waals surface area contributed by atoms with Crippen LogP contribution in [0.25, 0.3) is 11.0 Å². The molecule has 0 radical (unpaired) electrons. The van der Waals surface area contributed by atoms with Crippen molar-refractivity contribution >= 4 is 56.1 Å². The molecule has 0 saturated heterocycles. The van der Waals surface area contributed by atoms with Crippen molar-refractivity contribution in [3.8, 4) is 5.75 Å². The van der Waals surface area contributed by atoms with Crippen LogP contribution in [-0.4, -0.2) is 46.1 Å². The third kappa shape index (κ3) is 7.48. The second-order valence-electron chi connectivity index (χ2n) is 10.1. The highest BCUT2D eigenvalue weighted by atomic mass is 79.9. The third-order valence-electron chi connectivity index (χ3n) is 6.76. The van der Waals surface area contributed by atoms with E-state index in [-0.39, 0.29) is 24.3 Å². The van der Waals surface area contributed by atoms with E-state index in [1.807, 2.05) is 0 Å². The summed E-state index contributed by atoms with van der Waals surface area (Å²) in [6.45, 7) is -0.586. The molecule has 4 aromatic rings. The number of anilines is 1. The molecule has 0 aliphatic carbocycles. The van der Waals surface area contributed by atoms with Crippen molar-refractivity contribution in [3.05, 3.63) is 86.6 Å². The van der Waals surface area contributed by atoms with Gasteiger partial charge in [-0.15, -0.1) is 0 Å². The lowest BCUT2D eigenvalue weighted by atomic mass is 10.0. The number of rotatable bonds is 10. The molecule has 4 rings (SSSR count). The van der Waals surface area contributed by atoms with Crippen molar-refractivity contribution in [2.24, 2.45) is 12.8 Å². The summed E-state index contributed by atoms with van der Waals surface area (Å²) in [5.74, 6) is -1.58. The minimum atomic E-state index is -4.94. The van der Waals surface area contributed by atoms with Crippen LogP contribution in [0.3, 0.4) is 0 Å². The highest BCUT2D eigenvalue weighted by Crippen LogP contribution is 2.31. The molecule has 8 nitrogen and oxygen atoms in total. The van der Waals surface area contributed by atoms with Gasteiger partial charge < -0.3 is 25.7 Å². The zero-order valence-electron chi connectivity index (χ0n) is 23.2. The fourth-order valence-corrected chi connectivity index (χ4v) is 4.60. The van der Waals surface area contributed by atoms with Gasteiger partial charge in [0.05, 0.1) is 16.6 Å². The second-order valence-corrected chi connectivity index (χ2v) is 11.4. The number of hydrogen-bond donors (Lipinski definition) is 3. The summed E-state index contributed by atoms with van der Waals surface area (Å²) in [4.78, 5) is 29.9. The van der Waals surface area contributed by atoms with Crippen LogP contribution in [0.1, 0.15) is 34.2 Å². The number of imidazole rings is 1. The van der Waals surface area contributed by atoms with Crippen molar-refractivity contribution in [3.63, 3.8) is 0 Å². The summed E-state index contributed by atoms with van der Waals surface area (Å²) in [6.07, 6.45) is -7.57. The number of carbonyl (C=O) groups is 2. The number of nitrogens with two attached hydrogens (primary N) is 1. The van der Waals surface area contributed by atoms with Crippen LogP contribution in [-0.2, 0) is 24.8 Å². The van der Waals surface area contributed by atoms with Crippen LogP contribution in [0.4, 0.5) is 27.6 Å². The number of nitrogens with zero attached hydrogens (tertiary/aromatic N) is 2. The lowest BCUT2D eigenvalue weighted by Gasteiger charge is -2.26. The average Bonchev–Trinajstić information content (AvgIpc) is 3.25. The highest BCUT2D eigenvalue weighted by Gasteiger charge is 2.53. The molecule has 0 aliphatic heterocycles. The van der Waals surface area contributed by atoms with Gasteiger partial charge >= 0.3 is 6.18 Å². The van der Waals surface area contributed by atoms with Crippen molar-refractivity contribution in [1.29, 1.82) is 0 Å². The van der Waals surface area contributed by atoms with E-state index in [1.54, 1.807) is 48.0 Å². The smallest absolute Gasteiger partial charge is 0.415 e. The number of benzene rings is 3. The van der Waals surface area contributed by atoms with Gasteiger partial charge in [-0.1, -0.05) is 39.7 Å². The van der Waals surface area contributed by atoms with E-state index in [9.17, 15) is 31.5 Å². The van der Waals surface area contributed by atoms with Gasteiger partial charge in [0.2, 0.25) is 5.91 Å². The molecule has 0 bridgehead atoms. The van der Waals surface area contributed by atoms with Crippen LogP contribution in [0.5, 0.6) is 5.75 Å². The Labute approximate surface area is 261 Å². The zero-order chi connectivity index (χ0) is 32.4. The Bertz CT molecular complexity index is 1690. The van der Waals surface area contributed by atoms with Crippen LogP contribution in [0, 0.1) is 0 Å². The summed E-state index contributed by atoms with van der Waals surface area (Å²) < 4.78 is 73.1. The number of halogens is 7. The Morgan fingerprint density at radius 3 is 2.43 bits per heavy atom. The molecule has 1 aromatic heterocycles. The number of ether oxygens (including phenoxy) is 1. The van der Waals surface area contributed by atoms with Crippen LogP contribution in [0.15, 0.2) is 59.1 Å². The molecule has 15 heteroatoms. The topological polar surface area (TPSA) is 111 Å². The molecular formula is C29H26BrClF5N5O3. The molecule has 234 valence electrons. The predicted octanol–water partition coefficient (Wildman–Crippen LogP) is 6.37. The molecule has 1 unspecified atom stereocenters. The van der Waals surface area contributed by atoms with E-state index in [4.69, 9.17) is 22.1 Å². The molecular weight excluding hydrogens is 677 g/mol. The van der Waals surface area contributed by atoms with E-state index in [1.165, 1.54) is 18.2 Å². The number of aromatic nitrogens is 2. The third-order valence-corrected chi connectivity index (χ3v) is 7.66. The van der Waals surface area contributed by atoms with Crippen molar-refractivity contribution in [1.82, 2.24) is 14.9 Å². The SMILES string of the molecule is Cn1c(Cc2cc(CNC(=O)C(C)(N)C(F)(F)F)ccc2Cl)nc2cc(C(=O)Nc3ccc(Br)cc3)c(OCC(F)F)cc21. The van der Waals surface area contributed by atoms with Crippen LogP contribution in [0.2, 0.25) is 5.02 Å². The maximum absolute atomic E-state index is 13.2. The highest BCUT2D eigenvalue weighted by molar-refractivity contribution is 9.10. The van der Waals surface area contributed by atoms with Gasteiger partial charge in [0.1, 0.15) is 18.2 Å². The van der Waals surface area contributed by atoms with Crippen LogP contribution >= 0.6 is 27.5 Å². The summed E-state index contributed by atoms with van der Waals surface area (Å²) in [6, 6.07) is 14.3. The van der Waals surface area contributed by atoms with Crippen molar-refractivity contribution < 1.29 is 36.3 Å². The van der Waals surface area contributed by atoms with E-state index in [0.717, 1.165) is 4.47 Å². The largest absolute Gasteiger partial charge is 0.487 e. The number of hydrogen-bond acceptors (Lipinski definition) is 5. The maximum atomic E-state index is 13.2. The van der Waals surface area contributed by atoms with E-state index >= 15 is 0 Å². The molecule has 0 saturated carbocycles. The minimum absolute atomic E-state index is 0.00718. The lowest BCUT2D eigenvalue weighted by Crippen LogP contribution is -2.61. The Morgan fingerprint density at radius 2 is 1.80 bits per heavy atom. The first kappa shape index (κ1) is 33.1. The molecule has 1 heterocycles. The maximum Gasteiger partial charge on any atom is 0.415 e. The lowest BCUT2D eigenvalue weighted by molar-refractivity contribution is -0.187. The first-order valence-corrected chi connectivity index (χ1v) is 14.1. The van der Waals surface area contributed by atoms with Gasteiger partial charge in [0, 0.05) is 41.3 Å². The van der Waals surface area contributed by atoms with E-state index in [2.05, 4.69) is 31.5 Å². The van der Waals surface area contributed by atoms with Crippen LogP contribution < -0.4 is 21.1 Å². The molecule has 2 amide bonds. The molecule has 0 fully saturated rings. The molecule has 1 atom stereocenters. The molecule has 3 aromatic carbocycles. The fraction of sp³-hybridized carbons (Fsp3) is 0.276. The number of aryl methyl sites for hydroxylation is 1. The number of carbonyl (C=O) groups excluding carboxylic acids is 2. The standard InChI is InChI=1S/C29H26BrClF5N5O3/c1-28(37,29(34,35)36)27(43)38-13-15-3-8-20(31)16(9-15)10-25-40-21-11-19(26(42)39-18-6-4-17(30)5-7-18)23(44-14-24(32)33)12-22(21)41(25)2/h3-9,11-12,24H,10,13-14,37H2,1-2H3,(H,38,43)(H,39,42). The quantitative estimate of drug-likeness (QED) is 0.166. The van der Waals surface area contributed by atoms with Gasteiger partial charge in [0.25, 0.3) is 12.3 Å². The Balaban J connectivity index is 1.61. The van der Waals surface area contributed by atoms with Gasteiger partial charge in [-0.2, -0.15) is 13.2 Å². The Kier molecular flexibility index (Phi) is 9.86. The first-order chi connectivity index (χ1) is 20.6. The summed E-state index contributed by atoms with van der Waals surface area (Å²) in [5, 5.41) is 5.24. The minimum Gasteiger partial charge on any atom is -0.487 e. The predicted molar refractivity (Wildman–Crippen MR) is 159 cm³/mol. The van der Waals surface area contributed by atoms with Gasteiger partial charge in [-0.05, 0) is 54.4 Å². The second kappa shape index (κ2) is 13.1. The molecule has 0 spiro atoms. The average molecular weight is 703 g/mol. The summed E-state index contributed by atoms with van der Waals surface area (Å²) >= 11 is 9.72. The normalized spacial score (nSPS) is 13.2. The first-order valence-electron chi connectivity index (χ1n) is 12.9. The Hall–Kier alpha value is -3.75. The monoisotopic (exact) mass is 701 g/mol. The number of fused-ring (bicyclic) bond motifs is 1. The van der Waals surface area contributed by atoms with Crippen molar-refractivity contribution in [2.45, 2.75) is 38.0 Å². The Morgan fingerprint density at radius 1 is 1.11 bits per heavy atom. The number of nitrogens with one attached hydrogen (secondary N) is 2. The fourth-order valence-electron chi connectivity index (χ4n) is 4.15. The van der Waals surface area contributed by atoms with E-state index in [0.29, 0.717) is 45.6 Å². The van der Waals surface area contributed by atoms with Gasteiger partial charge in [0.15, 0.2) is 5.54 Å². The number of alkyl halides is 5. The van der Waals surface area contributed by atoms with Gasteiger partial charge in [-0.3, -0.25) is 9.59 Å². The molecule has 0 aliphatic rings. The number of amides is 2. The van der Waals surface area contributed by atoms with Crippen molar-refractivity contribution in [2.75, 3.05) is 11.9 Å². The zero-order valence-corrected chi connectivity index (χ0v) is 25.6.